The topological polar surface area (TPSA) is 339 Å². The van der Waals surface area contributed by atoms with Crippen LogP contribution in [0.5, 0.6) is 0 Å². The monoisotopic (exact) mass is 564 g/mol. The first-order valence-electron chi connectivity index (χ1n) is 7.23. The van der Waals surface area contributed by atoms with Crippen molar-refractivity contribution in [2.24, 2.45) is 0 Å². The normalized spacial score (nSPS) is 14.2. The second-order valence-electron chi connectivity index (χ2n) is 4.74. The second kappa shape index (κ2) is 22.6. The van der Waals surface area contributed by atoms with Crippen molar-refractivity contribution >= 4 is 58.2 Å². The van der Waals surface area contributed by atoms with Gasteiger partial charge in [-0.3, -0.25) is 0 Å². The molecule has 0 spiro atoms. The average Bonchev–Trinajstić information content (AvgIpc) is 2.61. The van der Waals surface area contributed by atoms with Crippen LogP contribution in [0.25, 0.3) is 0 Å². The summed E-state index contributed by atoms with van der Waals surface area (Å²) in [6, 6.07) is 0. The van der Waals surface area contributed by atoms with Crippen LogP contribution in [0.3, 0.4) is 0 Å². The minimum absolute atomic E-state index is 0. The summed E-state index contributed by atoms with van der Waals surface area (Å²) in [5.41, 5.74) is 0. The number of aliphatic hydroxyl groups excluding tert-OH is 6. The van der Waals surface area contributed by atoms with Gasteiger partial charge in [0.1, 0.15) is 18.3 Å². The maximum absolute atomic E-state index is 9.71. The summed E-state index contributed by atoms with van der Waals surface area (Å²) in [6.07, 6.45) is -3.97. The molecular weight excluding hydrogens is 543 g/mol. The Morgan fingerprint density at radius 2 is 0.688 bits per heavy atom. The molecule has 0 aliphatic rings. The van der Waals surface area contributed by atoms with Gasteiger partial charge in [-0.05, 0) is 0 Å². The summed E-state index contributed by atoms with van der Waals surface area (Å²) in [4.78, 5) is 58.3. The van der Waals surface area contributed by atoms with E-state index < -0.39 is 81.4 Å². The molecule has 3 unspecified atom stereocenters. The summed E-state index contributed by atoms with van der Waals surface area (Å²) >= 11 is 0. The Bertz CT molecular complexity index is 474. The summed E-state index contributed by atoms with van der Waals surface area (Å²) in [7, 11) is -15.0. The van der Waals surface area contributed by atoms with Crippen molar-refractivity contribution in [3.63, 3.8) is 0 Å². The molecule has 0 amide bonds. The van der Waals surface area contributed by atoms with Gasteiger partial charge in [0.25, 0.3) is 0 Å². The van der Waals surface area contributed by atoms with Crippen molar-refractivity contribution in [2.75, 3.05) is 39.6 Å². The Hall–Kier alpha value is 1.15. The molecule has 0 aromatic rings. The maximum Gasteiger partial charge on any atom is 3.00 e. The molecule has 0 aliphatic carbocycles. The van der Waals surface area contributed by atoms with Crippen molar-refractivity contribution in [2.45, 2.75) is 18.3 Å². The van der Waals surface area contributed by atoms with Crippen molar-refractivity contribution in [1.82, 2.24) is 0 Å². The summed E-state index contributed by atoms with van der Waals surface area (Å²) in [5, 5.41) is 49.7. The van der Waals surface area contributed by atoms with E-state index in [2.05, 4.69) is 13.6 Å². The van der Waals surface area contributed by atoms with E-state index in [-0.39, 0.29) is 34.7 Å². The number of phosphoric ester groups is 3. The van der Waals surface area contributed by atoms with E-state index in [1.165, 1.54) is 0 Å². The van der Waals surface area contributed by atoms with Crippen molar-refractivity contribution in [3.8, 4) is 0 Å². The fourth-order valence-corrected chi connectivity index (χ4v) is 1.75. The molecule has 186 valence electrons. The molecule has 0 saturated carbocycles. The standard InChI is InChI=1S/3C3H9O6P.2Al/c3*4-1-3(5)2-9-10(6,7)8;;/h3*3-5H,1-2H2,(H2,6,7,8);;/q;;;2*+3/p-6. The minimum Gasteiger partial charge on any atom is -0.790 e. The molecule has 0 rings (SSSR count). The van der Waals surface area contributed by atoms with Crippen LogP contribution in [0, 0.1) is 0 Å². The molecule has 0 aromatic carbocycles. The van der Waals surface area contributed by atoms with E-state index >= 15 is 0 Å². The quantitative estimate of drug-likeness (QED) is 0.0946. The Morgan fingerprint density at radius 1 is 0.531 bits per heavy atom. The summed E-state index contributed by atoms with van der Waals surface area (Å²) in [6.45, 7) is -4.00. The molecule has 0 fully saturated rings. The molecule has 0 heterocycles. The van der Waals surface area contributed by atoms with E-state index in [0.717, 1.165) is 0 Å². The van der Waals surface area contributed by atoms with Gasteiger partial charge in [-0.15, -0.1) is 0 Å². The van der Waals surface area contributed by atoms with Crippen LogP contribution in [-0.4, -0.2) is 123 Å². The fraction of sp³-hybridized carbons (Fsp3) is 1.00. The zero-order chi connectivity index (χ0) is 24.6. The molecule has 3 atom stereocenters. The largest absolute Gasteiger partial charge is 3.00 e. The van der Waals surface area contributed by atoms with Gasteiger partial charge in [0.2, 0.25) is 0 Å². The molecule has 18 nitrogen and oxygen atoms in total. The van der Waals surface area contributed by atoms with E-state index in [0.29, 0.717) is 0 Å². The SMILES string of the molecule is O=P([O-])([O-])OCC(O)CO.O=P([O-])([O-])OCC(O)CO.O=P([O-])([O-])OCC(O)CO.[Al+3].[Al+3]. The van der Waals surface area contributed by atoms with Crippen LogP contribution in [0.4, 0.5) is 0 Å². The first-order chi connectivity index (χ1) is 13.4. The van der Waals surface area contributed by atoms with Crippen LogP contribution in [-0.2, 0) is 27.3 Å². The molecule has 6 N–H and O–H groups in total. The maximum atomic E-state index is 9.71. The van der Waals surface area contributed by atoms with E-state index in [9.17, 15) is 43.1 Å². The van der Waals surface area contributed by atoms with Crippen molar-refractivity contribution in [3.05, 3.63) is 0 Å². The molecular formula is C9H21Al2O18P3. The predicted molar refractivity (Wildman–Crippen MR) is 91.5 cm³/mol. The van der Waals surface area contributed by atoms with Crippen LogP contribution in [0.1, 0.15) is 0 Å². The van der Waals surface area contributed by atoms with Gasteiger partial charge in [-0.2, -0.15) is 0 Å². The van der Waals surface area contributed by atoms with Crippen LogP contribution < -0.4 is 29.4 Å². The first-order valence-corrected chi connectivity index (χ1v) is 11.6. The summed E-state index contributed by atoms with van der Waals surface area (Å²) < 4.78 is 40.0. The number of hydrogen-bond acceptors (Lipinski definition) is 18. The van der Waals surface area contributed by atoms with Gasteiger partial charge >= 0.3 is 34.7 Å². The Labute approximate surface area is 203 Å². The molecule has 0 saturated heterocycles. The predicted octanol–water partition coefficient (Wildman–Crippen LogP) is -9.21. The van der Waals surface area contributed by atoms with E-state index in [1.807, 2.05) is 0 Å². The number of aliphatic hydroxyl groups is 6. The molecule has 0 radical (unpaired) electrons. The second-order valence-corrected chi connectivity index (χ2v) is 8.20. The van der Waals surface area contributed by atoms with Gasteiger partial charge in [-0.25, -0.2) is 0 Å². The molecule has 0 aromatic heterocycles. The average molecular weight is 564 g/mol. The number of rotatable bonds is 12. The first kappa shape index (κ1) is 43.2. The molecule has 23 heteroatoms. The van der Waals surface area contributed by atoms with Crippen molar-refractivity contribution in [1.29, 1.82) is 0 Å². The number of phosphoric acid groups is 3. The zero-order valence-corrected chi connectivity index (χ0v) is 21.0. The van der Waals surface area contributed by atoms with Gasteiger partial charge in [0, 0.05) is 0 Å². The third-order valence-corrected chi connectivity index (χ3v) is 3.30. The van der Waals surface area contributed by atoms with E-state index in [1.54, 1.807) is 0 Å². The zero-order valence-electron chi connectivity index (χ0n) is 16.1. The molecule has 32 heavy (non-hydrogen) atoms. The fourth-order valence-electron chi connectivity index (χ4n) is 0.690. The van der Waals surface area contributed by atoms with Crippen LogP contribution in [0.15, 0.2) is 0 Å². The van der Waals surface area contributed by atoms with Gasteiger partial charge in [0.15, 0.2) is 0 Å². The molecule has 0 bridgehead atoms. The Kier molecular flexibility index (Phi) is 30.6. The smallest absolute Gasteiger partial charge is 0.790 e. The van der Waals surface area contributed by atoms with Gasteiger partial charge < -0.3 is 87.3 Å². The van der Waals surface area contributed by atoms with Gasteiger partial charge in [-0.1, -0.05) is 0 Å². The minimum atomic E-state index is -5.00. The van der Waals surface area contributed by atoms with Gasteiger partial charge in [0.05, 0.1) is 63.1 Å². The van der Waals surface area contributed by atoms with Crippen LogP contribution in [0.2, 0.25) is 0 Å². The van der Waals surface area contributed by atoms with E-state index in [4.69, 9.17) is 30.6 Å². The molecule has 0 aliphatic heterocycles. The third-order valence-electron chi connectivity index (χ3n) is 1.91. The Balaban J connectivity index is -0.000000110. The Morgan fingerprint density at radius 3 is 0.781 bits per heavy atom. The van der Waals surface area contributed by atoms with Crippen molar-refractivity contribution < 1.29 is 87.3 Å². The third kappa shape index (κ3) is 44.8. The number of hydrogen-bond donors (Lipinski definition) is 6. The van der Waals surface area contributed by atoms with Crippen LogP contribution >= 0.6 is 23.5 Å². The summed E-state index contributed by atoms with van der Waals surface area (Å²) in [5.74, 6) is 0.